The first kappa shape index (κ1) is 19.9. The number of amides is 2. The Labute approximate surface area is 167 Å². The van der Waals surface area contributed by atoms with Gasteiger partial charge in [-0.1, -0.05) is 0 Å². The van der Waals surface area contributed by atoms with Gasteiger partial charge in [-0.2, -0.15) is 0 Å². The fourth-order valence-corrected chi connectivity index (χ4v) is 3.69. The molecule has 1 aliphatic heterocycles. The number of anilines is 2. The van der Waals surface area contributed by atoms with E-state index in [1.807, 2.05) is 61.2 Å². The number of aryl methyl sites for hydroxylation is 1. The van der Waals surface area contributed by atoms with Gasteiger partial charge in [0, 0.05) is 37.6 Å². The Balaban J connectivity index is 1.82. The number of rotatable bonds is 5. The van der Waals surface area contributed by atoms with Crippen LogP contribution < -0.4 is 19.7 Å². The van der Waals surface area contributed by atoms with E-state index in [2.05, 4.69) is 11.4 Å². The molecule has 1 aliphatic rings. The van der Waals surface area contributed by atoms with Crippen molar-refractivity contribution < 1.29 is 14.3 Å². The highest BCUT2D eigenvalue weighted by Crippen LogP contribution is 2.39. The van der Waals surface area contributed by atoms with Gasteiger partial charge in [0.05, 0.1) is 20.3 Å². The number of likely N-dealkylation sites (tertiary alicyclic amines) is 1. The molecule has 1 unspecified atom stereocenters. The molecule has 0 saturated carbocycles. The SMILES string of the molecule is COc1ccc(OC)c(C2CCCN2C(=O)Nc2ccc(N(C)C)cc2C)c1. The first-order valence-corrected chi connectivity index (χ1v) is 9.52. The first-order chi connectivity index (χ1) is 13.4. The van der Waals surface area contributed by atoms with Crippen molar-refractivity contribution in [2.24, 2.45) is 0 Å². The summed E-state index contributed by atoms with van der Waals surface area (Å²) in [7, 11) is 7.30. The van der Waals surface area contributed by atoms with Crippen LogP contribution in [-0.4, -0.2) is 45.8 Å². The van der Waals surface area contributed by atoms with Gasteiger partial charge < -0.3 is 24.6 Å². The molecule has 3 rings (SSSR count). The zero-order valence-electron chi connectivity index (χ0n) is 17.3. The van der Waals surface area contributed by atoms with Gasteiger partial charge in [-0.25, -0.2) is 4.79 Å². The van der Waals surface area contributed by atoms with Crippen molar-refractivity contribution in [3.05, 3.63) is 47.5 Å². The van der Waals surface area contributed by atoms with Gasteiger partial charge in [0.2, 0.25) is 0 Å². The molecular weight excluding hydrogens is 354 g/mol. The Morgan fingerprint density at radius 1 is 1.14 bits per heavy atom. The summed E-state index contributed by atoms with van der Waals surface area (Å²) in [5.74, 6) is 1.54. The lowest BCUT2D eigenvalue weighted by molar-refractivity contribution is 0.206. The molecule has 0 aliphatic carbocycles. The number of carbonyl (C=O) groups excluding carboxylic acids is 1. The van der Waals surface area contributed by atoms with Gasteiger partial charge in [-0.15, -0.1) is 0 Å². The maximum atomic E-state index is 13.1. The molecule has 0 spiro atoms. The predicted molar refractivity (Wildman–Crippen MR) is 113 cm³/mol. The van der Waals surface area contributed by atoms with Crippen LogP contribution in [-0.2, 0) is 0 Å². The number of urea groups is 1. The average Bonchev–Trinajstić information content (AvgIpc) is 3.18. The van der Waals surface area contributed by atoms with E-state index in [1.165, 1.54) is 0 Å². The fraction of sp³-hybridized carbons (Fsp3) is 0.409. The summed E-state index contributed by atoms with van der Waals surface area (Å²) in [6.45, 7) is 2.72. The van der Waals surface area contributed by atoms with E-state index < -0.39 is 0 Å². The molecule has 150 valence electrons. The molecular formula is C22H29N3O3. The molecule has 0 radical (unpaired) electrons. The molecule has 2 aromatic carbocycles. The third-order valence-electron chi connectivity index (χ3n) is 5.28. The Hall–Kier alpha value is -2.89. The highest BCUT2D eigenvalue weighted by atomic mass is 16.5. The minimum Gasteiger partial charge on any atom is -0.497 e. The normalized spacial score (nSPS) is 16.0. The van der Waals surface area contributed by atoms with Gasteiger partial charge in [0.25, 0.3) is 0 Å². The molecule has 1 fully saturated rings. The summed E-state index contributed by atoms with van der Waals surface area (Å²) < 4.78 is 10.9. The van der Waals surface area contributed by atoms with Crippen LogP contribution in [0.15, 0.2) is 36.4 Å². The van der Waals surface area contributed by atoms with E-state index in [9.17, 15) is 4.79 Å². The number of nitrogens with one attached hydrogen (secondary N) is 1. The largest absolute Gasteiger partial charge is 0.497 e. The summed E-state index contributed by atoms with van der Waals surface area (Å²) in [6, 6.07) is 11.6. The first-order valence-electron chi connectivity index (χ1n) is 9.52. The third kappa shape index (κ3) is 4.01. The van der Waals surface area contributed by atoms with Crippen LogP contribution in [0, 0.1) is 6.92 Å². The summed E-state index contributed by atoms with van der Waals surface area (Å²) >= 11 is 0. The Morgan fingerprint density at radius 3 is 2.57 bits per heavy atom. The maximum absolute atomic E-state index is 13.1. The van der Waals surface area contributed by atoms with Gasteiger partial charge in [-0.05, 0) is 61.7 Å². The van der Waals surface area contributed by atoms with Crippen molar-refractivity contribution in [1.29, 1.82) is 0 Å². The molecule has 0 bridgehead atoms. The predicted octanol–water partition coefficient (Wildman–Crippen LogP) is 4.45. The molecule has 6 nitrogen and oxygen atoms in total. The third-order valence-corrected chi connectivity index (χ3v) is 5.28. The lowest BCUT2D eigenvalue weighted by Crippen LogP contribution is -2.34. The van der Waals surface area contributed by atoms with Crippen LogP contribution in [0.3, 0.4) is 0 Å². The van der Waals surface area contributed by atoms with E-state index in [4.69, 9.17) is 9.47 Å². The monoisotopic (exact) mass is 383 g/mol. The van der Waals surface area contributed by atoms with Crippen molar-refractivity contribution in [3.8, 4) is 11.5 Å². The second kappa shape index (κ2) is 8.42. The van der Waals surface area contributed by atoms with Crippen molar-refractivity contribution in [2.75, 3.05) is 45.1 Å². The molecule has 0 aromatic heterocycles. The van der Waals surface area contributed by atoms with E-state index in [1.54, 1.807) is 14.2 Å². The molecule has 1 N–H and O–H groups in total. The number of benzene rings is 2. The van der Waals surface area contributed by atoms with E-state index in [0.29, 0.717) is 6.54 Å². The van der Waals surface area contributed by atoms with E-state index >= 15 is 0 Å². The second-order valence-corrected chi connectivity index (χ2v) is 7.28. The lowest BCUT2D eigenvalue weighted by Gasteiger charge is -2.27. The molecule has 6 heteroatoms. The van der Waals surface area contributed by atoms with Gasteiger partial charge >= 0.3 is 6.03 Å². The van der Waals surface area contributed by atoms with Crippen LogP contribution in [0.25, 0.3) is 0 Å². The van der Waals surface area contributed by atoms with Crippen LogP contribution in [0.1, 0.15) is 30.0 Å². The Morgan fingerprint density at radius 2 is 1.93 bits per heavy atom. The summed E-state index contributed by atoms with van der Waals surface area (Å²) in [4.78, 5) is 17.0. The minimum absolute atomic E-state index is 0.0357. The zero-order chi connectivity index (χ0) is 20.3. The Kier molecular flexibility index (Phi) is 5.97. The molecule has 2 aromatic rings. The number of carbonyl (C=O) groups is 1. The van der Waals surface area contributed by atoms with E-state index in [-0.39, 0.29) is 12.1 Å². The zero-order valence-corrected chi connectivity index (χ0v) is 17.3. The summed E-state index contributed by atoms with van der Waals surface area (Å²) in [5, 5.41) is 3.08. The Bertz CT molecular complexity index is 851. The number of hydrogen-bond donors (Lipinski definition) is 1. The number of methoxy groups -OCH3 is 2. The molecule has 1 saturated heterocycles. The van der Waals surface area contributed by atoms with Crippen molar-refractivity contribution >= 4 is 17.4 Å². The second-order valence-electron chi connectivity index (χ2n) is 7.28. The summed E-state index contributed by atoms with van der Waals surface area (Å²) in [5.41, 5.74) is 3.96. The molecule has 2 amide bonds. The molecule has 1 atom stereocenters. The van der Waals surface area contributed by atoms with Gasteiger partial charge in [0.15, 0.2) is 0 Å². The van der Waals surface area contributed by atoms with Gasteiger partial charge in [-0.3, -0.25) is 0 Å². The number of ether oxygens (including phenoxy) is 2. The number of hydrogen-bond acceptors (Lipinski definition) is 4. The van der Waals surface area contributed by atoms with Crippen LogP contribution in [0.5, 0.6) is 11.5 Å². The van der Waals surface area contributed by atoms with Gasteiger partial charge in [0.1, 0.15) is 11.5 Å². The molecule has 1 heterocycles. The van der Waals surface area contributed by atoms with Crippen LogP contribution in [0.2, 0.25) is 0 Å². The maximum Gasteiger partial charge on any atom is 0.322 e. The van der Waals surface area contributed by atoms with Crippen molar-refractivity contribution in [3.63, 3.8) is 0 Å². The minimum atomic E-state index is -0.0897. The molecule has 28 heavy (non-hydrogen) atoms. The smallest absolute Gasteiger partial charge is 0.322 e. The number of nitrogens with zero attached hydrogens (tertiary/aromatic N) is 2. The standard InChI is InChI=1S/C22H29N3O3/c1-15-13-16(24(2)3)8-10-19(15)23-22(26)25-12-6-7-20(25)18-14-17(27-4)9-11-21(18)28-5/h8-11,13-14,20H,6-7,12H2,1-5H3,(H,23,26). The quantitative estimate of drug-likeness (QED) is 0.829. The van der Waals surface area contributed by atoms with Crippen LogP contribution in [0.4, 0.5) is 16.2 Å². The lowest BCUT2D eigenvalue weighted by atomic mass is 10.0. The van der Waals surface area contributed by atoms with Crippen molar-refractivity contribution in [1.82, 2.24) is 4.90 Å². The summed E-state index contributed by atoms with van der Waals surface area (Å²) in [6.07, 6.45) is 1.85. The van der Waals surface area contributed by atoms with Crippen molar-refractivity contribution in [2.45, 2.75) is 25.8 Å². The van der Waals surface area contributed by atoms with Crippen LogP contribution >= 0.6 is 0 Å². The highest BCUT2D eigenvalue weighted by Gasteiger charge is 2.32. The topological polar surface area (TPSA) is 54.0 Å². The fourth-order valence-electron chi connectivity index (χ4n) is 3.69. The van der Waals surface area contributed by atoms with E-state index in [0.717, 1.165) is 46.8 Å². The average molecular weight is 383 g/mol. The highest BCUT2D eigenvalue weighted by molar-refractivity contribution is 5.91.